The van der Waals surface area contributed by atoms with Crippen LogP contribution in [0.5, 0.6) is 0 Å². The molecule has 2 nitrogen and oxygen atoms in total. The minimum absolute atomic E-state index is 0.119. The van der Waals surface area contributed by atoms with Crippen molar-refractivity contribution in [3.8, 4) is 0 Å². The van der Waals surface area contributed by atoms with E-state index in [4.69, 9.17) is 5.73 Å². The standard InChI is InChI=1S/C14H23NOS2/c1-13(2,3)17-11-7-10(15)8-12(9-11)18(16)14(4,5)6/h7-9H,15H2,1-6H3. The smallest absolute Gasteiger partial charge is 0.0584 e. The molecule has 0 saturated carbocycles. The molecule has 1 aromatic rings. The molecule has 0 aliphatic rings. The molecule has 18 heavy (non-hydrogen) atoms. The quantitative estimate of drug-likeness (QED) is 0.658. The van der Waals surface area contributed by atoms with Gasteiger partial charge in [0.1, 0.15) is 0 Å². The molecule has 2 N–H and O–H groups in total. The maximum atomic E-state index is 12.4. The van der Waals surface area contributed by atoms with Crippen molar-refractivity contribution in [3.05, 3.63) is 18.2 Å². The van der Waals surface area contributed by atoms with Crippen molar-refractivity contribution in [1.82, 2.24) is 0 Å². The Morgan fingerprint density at radius 2 is 1.61 bits per heavy atom. The Morgan fingerprint density at radius 1 is 1.06 bits per heavy atom. The molecule has 0 aliphatic heterocycles. The first-order valence-electron chi connectivity index (χ1n) is 6.00. The maximum Gasteiger partial charge on any atom is 0.0584 e. The number of nitrogens with two attached hydrogens (primary N) is 1. The van der Waals surface area contributed by atoms with Gasteiger partial charge in [-0.15, -0.1) is 11.8 Å². The largest absolute Gasteiger partial charge is 0.399 e. The number of nitrogen functional groups attached to an aromatic ring is 1. The molecule has 1 atom stereocenters. The fraction of sp³-hybridized carbons (Fsp3) is 0.571. The van der Waals surface area contributed by atoms with E-state index >= 15 is 0 Å². The highest BCUT2D eigenvalue weighted by molar-refractivity contribution is 8.00. The first kappa shape index (κ1) is 15.6. The zero-order valence-electron chi connectivity index (χ0n) is 12.0. The number of thioether (sulfide) groups is 1. The minimum Gasteiger partial charge on any atom is -0.399 e. The summed E-state index contributed by atoms with van der Waals surface area (Å²) in [7, 11) is -1.04. The third-order valence-electron chi connectivity index (χ3n) is 2.10. The second-order valence-electron chi connectivity index (χ2n) is 6.33. The van der Waals surface area contributed by atoms with Crippen LogP contribution in [0.4, 0.5) is 5.69 Å². The van der Waals surface area contributed by atoms with Gasteiger partial charge in [-0.05, 0) is 39.0 Å². The van der Waals surface area contributed by atoms with E-state index in [2.05, 4.69) is 20.8 Å². The molecule has 1 rings (SSSR count). The highest BCUT2D eigenvalue weighted by atomic mass is 32.2. The Labute approximate surface area is 117 Å². The fourth-order valence-electron chi connectivity index (χ4n) is 1.47. The van der Waals surface area contributed by atoms with Crippen LogP contribution in [0.1, 0.15) is 41.5 Å². The van der Waals surface area contributed by atoms with Gasteiger partial charge < -0.3 is 5.73 Å². The molecule has 102 valence electrons. The third kappa shape index (κ3) is 4.65. The molecule has 0 aromatic heterocycles. The highest BCUT2D eigenvalue weighted by Gasteiger charge is 2.22. The summed E-state index contributed by atoms with van der Waals surface area (Å²) in [5.41, 5.74) is 6.59. The van der Waals surface area contributed by atoms with Gasteiger partial charge in [-0.3, -0.25) is 4.21 Å². The van der Waals surface area contributed by atoms with Crippen LogP contribution < -0.4 is 5.73 Å². The third-order valence-corrected chi connectivity index (χ3v) is 4.96. The van der Waals surface area contributed by atoms with Gasteiger partial charge in [-0.1, -0.05) is 20.8 Å². The van der Waals surface area contributed by atoms with Crippen LogP contribution in [0, 0.1) is 0 Å². The van der Waals surface area contributed by atoms with Crippen LogP contribution in [-0.2, 0) is 10.8 Å². The summed E-state index contributed by atoms with van der Waals surface area (Å²) in [5, 5.41) is 0. The number of hydrogen-bond donors (Lipinski definition) is 1. The van der Waals surface area contributed by atoms with Crippen LogP contribution in [-0.4, -0.2) is 13.7 Å². The Morgan fingerprint density at radius 3 is 2.06 bits per heavy atom. The van der Waals surface area contributed by atoms with Gasteiger partial charge in [-0.2, -0.15) is 0 Å². The maximum absolute atomic E-state index is 12.4. The van der Waals surface area contributed by atoms with E-state index in [1.54, 1.807) is 11.8 Å². The molecule has 0 aliphatic carbocycles. The predicted molar refractivity (Wildman–Crippen MR) is 82.6 cm³/mol. The van der Waals surface area contributed by atoms with Crippen molar-refractivity contribution in [2.75, 3.05) is 5.73 Å². The Kier molecular flexibility index (Phi) is 4.55. The lowest BCUT2D eigenvalue weighted by atomic mass is 10.3. The van der Waals surface area contributed by atoms with Crippen molar-refractivity contribution < 1.29 is 4.21 Å². The van der Waals surface area contributed by atoms with Crippen molar-refractivity contribution >= 4 is 28.2 Å². The summed E-state index contributed by atoms with van der Waals surface area (Å²) in [5.74, 6) is 0. The molecule has 0 heterocycles. The van der Waals surface area contributed by atoms with Crippen molar-refractivity contribution in [1.29, 1.82) is 0 Å². The van der Waals surface area contributed by atoms with Crippen LogP contribution in [0.25, 0.3) is 0 Å². The average molecular weight is 285 g/mol. The molecule has 1 aromatic carbocycles. The lowest BCUT2D eigenvalue weighted by Crippen LogP contribution is -2.21. The second kappa shape index (κ2) is 5.25. The SMILES string of the molecule is CC(C)(C)Sc1cc(N)cc(S(=O)C(C)(C)C)c1. The normalized spacial score (nSPS) is 14.6. The van der Waals surface area contributed by atoms with E-state index in [0.717, 1.165) is 9.79 Å². The van der Waals surface area contributed by atoms with Crippen molar-refractivity contribution in [3.63, 3.8) is 0 Å². The second-order valence-corrected chi connectivity index (χ2v) is 10.5. The summed E-state index contributed by atoms with van der Waals surface area (Å²) in [6.45, 7) is 12.4. The number of rotatable bonds is 2. The van der Waals surface area contributed by atoms with Crippen LogP contribution in [0.3, 0.4) is 0 Å². The first-order valence-corrected chi connectivity index (χ1v) is 7.97. The van der Waals surface area contributed by atoms with E-state index in [1.165, 1.54) is 0 Å². The van der Waals surface area contributed by atoms with Gasteiger partial charge in [0.25, 0.3) is 0 Å². The van der Waals surface area contributed by atoms with Crippen LogP contribution in [0.2, 0.25) is 0 Å². The van der Waals surface area contributed by atoms with Gasteiger partial charge in [-0.25, -0.2) is 0 Å². The van der Waals surface area contributed by atoms with Crippen LogP contribution >= 0.6 is 11.8 Å². The molecule has 1 unspecified atom stereocenters. The average Bonchev–Trinajstić information content (AvgIpc) is 2.11. The summed E-state index contributed by atoms with van der Waals surface area (Å²) < 4.78 is 12.2. The molecule has 0 fully saturated rings. The van der Waals surface area contributed by atoms with E-state index in [9.17, 15) is 4.21 Å². The Balaban J connectivity index is 3.13. The predicted octanol–water partition coefficient (Wildman–Crippen LogP) is 4.07. The lowest BCUT2D eigenvalue weighted by Gasteiger charge is -2.21. The van der Waals surface area contributed by atoms with Crippen molar-refractivity contribution in [2.24, 2.45) is 0 Å². The molecule has 0 radical (unpaired) electrons. The highest BCUT2D eigenvalue weighted by Crippen LogP contribution is 2.35. The number of anilines is 1. The first-order chi connectivity index (χ1) is 7.99. The van der Waals surface area contributed by atoms with E-state index in [0.29, 0.717) is 5.69 Å². The van der Waals surface area contributed by atoms with Crippen molar-refractivity contribution in [2.45, 2.75) is 60.8 Å². The zero-order chi connectivity index (χ0) is 14.1. The molecule has 0 spiro atoms. The lowest BCUT2D eigenvalue weighted by molar-refractivity contribution is 0.648. The van der Waals surface area contributed by atoms with Gasteiger partial charge in [0, 0.05) is 25.0 Å². The molecular weight excluding hydrogens is 262 g/mol. The van der Waals surface area contributed by atoms with Gasteiger partial charge in [0.2, 0.25) is 0 Å². The van der Waals surface area contributed by atoms with Crippen LogP contribution in [0.15, 0.2) is 28.0 Å². The number of hydrogen-bond acceptors (Lipinski definition) is 3. The minimum atomic E-state index is -1.04. The number of benzene rings is 1. The van der Waals surface area contributed by atoms with E-state index in [1.807, 2.05) is 39.0 Å². The molecule has 0 amide bonds. The van der Waals surface area contributed by atoms with Gasteiger partial charge in [0.05, 0.1) is 10.8 Å². The molecule has 4 heteroatoms. The van der Waals surface area contributed by atoms with Gasteiger partial charge >= 0.3 is 0 Å². The summed E-state index contributed by atoms with van der Waals surface area (Å²) in [4.78, 5) is 1.89. The Hall–Kier alpha value is -0.480. The summed E-state index contributed by atoms with van der Waals surface area (Å²) in [6.07, 6.45) is 0. The summed E-state index contributed by atoms with van der Waals surface area (Å²) >= 11 is 1.74. The van der Waals surface area contributed by atoms with E-state index < -0.39 is 10.8 Å². The van der Waals surface area contributed by atoms with Gasteiger partial charge in [0.15, 0.2) is 0 Å². The van der Waals surface area contributed by atoms with E-state index in [-0.39, 0.29) is 9.49 Å². The molecular formula is C14H23NOS2. The fourth-order valence-corrected chi connectivity index (χ4v) is 3.81. The Bertz CT molecular complexity index is 456. The molecule has 0 bridgehead atoms. The zero-order valence-corrected chi connectivity index (χ0v) is 13.7. The topological polar surface area (TPSA) is 43.1 Å². The molecule has 0 saturated heterocycles. The summed E-state index contributed by atoms with van der Waals surface area (Å²) in [6, 6.07) is 5.75. The monoisotopic (exact) mass is 285 g/mol.